The average molecular weight is 332 g/mol. The molecule has 1 N–H and O–H groups in total. The van der Waals surface area contributed by atoms with Crippen LogP contribution in [0.4, 0.5) is 0 Å². The smallest absolute Gasteiger partial charge is 0.281 e. The third-order valence-electron chi connectivity index (χ3n) is 3.07. The number of nitrogens with zero attached hydrogens (tertiary/aromatic N) is 1. The first-order valence-electron chi connectivity index (χ1n) is 7.42. The Balaban J connectivity index is 1.97. The summed E-state index contributed by atoms with van der Waals surface area (Å²) >= 11 is 1.37. The number of ether oxygens (including phenoxy) is 2. The minimum absolute atomic E-state index is 0.220. The number of hydrazone groups is 1. The number of hydrogen-bond donors (Lipinski definition) is 1. The van der Waals surface area contributed by atoms with Crippen LogP contribution in [0.15, 0.2) is 40.8 Å². The molecule has 1 aromatic carbocycles. The quantitative estimate of drug-likeness (QED) is 0.455. The fourth-order valence-corrected chi connectivity index (χ4v) is 2.45. The maximum atomic E-state index is 11.8. The van der Waals surface area contributed by atoms with Crippen molar-refractivity contribution < 1.29 is 14.3 Å². The van der Waals surface area contributed by atoms with E-state index in [0.717, 1.165) is 18.4 Å². The number of nitrogens with one attached hydrogen (secondary N) is 1. The number of amides is 1. The third-order valence-corrected chi connectivity index (χ3v) is 3.94. The molecule has 0 bridgehead atoms. The highest BCUT2D eigenvalue weighted by Crippen LogP contribution is 2.27. The predicted octanol–water partition coefficient (Wildman–Crippen LogP) is 3.70. The normalized spacial score (nSPS) is 10.7. The fraction of sp³-hybridized carbons (Fsp3) is 0.294. The summed E-state index contributed by atoms with van der Waals surface area (Å²) < 4.78 is 11.0. The van der Waals surface area contributed by atoms with E-state index in [1.807, 2.05) is 29.6 Å². The Bertz CT molecular complexity index is 654. The van der Waals surface area contributed by atoms with E-state index >= 15 is 0 Å². The van der Waals surface area contributed by atoms with Gasteiger partial charge >= 0.3 is 0 Å². The average Bonchev–Trinajstić information content (AvgIpc) is 3.10. The molecule has 23 heavy (non-hydrogen) atoms. The van der Waals surface area contributed by atoms with Crippen LogP contribution in [0.25, 0.3) is 0 Å². The number of carbonyl (C=O) groups is 1. The van der Waals surface area contributed by atoms with Crippen LogP contribution in [0.1, 0.15) is 35.0 Å². The third kappa shape index (κ3) is 5.10. The predicted molar refractivity (Wildman–Crippen MR) is 92.8 cm³/mol. The first-order valence-corrected chi connectivity index (χ1v) is 8.30. The first-order chi connectivity index (χ1) is 11.2. The summed E-state index contributed by atoms with van der Waals surface area (Å²) in [6, 6.07) is 9.11. The molecule has 0 unspecified atom stereocenters. The van der Waals surface area contributed by atoms with Gasteiger partial charge in [0, 0.05) is 0 Å². The number of thiophene rings is 1. The van der Waals surface area contributed by atoms with E-state index in [2.05, 4.69) is 17.5 Å². The Hall–Kier alpha value is -2.34. The van der Waals surface area contributed by atoms with E-state index in [0.29, 0.717) is 23.0 Å². The zero-order valence-electron chi connectivity index (χ0n) is 13.2. The van der Waals surface area contributed by atoms with Gasteiger partial charge in [0.25, 0.3) is 5.91 Å². The van der Waals surface area contributed by atoms with Crippen molar-refractivity contribution in [2.24, 2.45) is 5.10 Å². The molecule has 0 aliphatic heterocycles. The maximum Gasteiger partial charge on any atom is 0.281 e. The molecule has 0 fully saturated rings. The molecule has 122 valence electrons. The highest BCUT2D eigenvalue weighted by molar-refractivity contribution is 7.12. The van der Waals surface area contributed by atoms with Gasteiger partial charge in [-0.15, -0.1) is 11.3 Å². The Morgan fingerprint density at radius 2 is 2.22 bits per heavy atom. The number of carbonyl (C=O) groups excluding carboxylic acids is 1. The van der Waals surface area contributed by atoms with E-state index in [1.165, 1.54) is 11.3 Å². The van der Waals surface area contributed by atoms with Crippen LogP contribution in [-0.2, 0) is 0 Å². The second-order valence-electron chi connectivity index (χ2n) is 4.79. The molecule has 2 rings (SSSR count). The summed E-state index contributed by atoms with van der Waals surface area (Å²) in [5.41, 5.74) is 3.31. The van der Waals surface area contributed by atoms with Crippen LogP contribution in [0, 0.1) is 0 Å². The van der Waals surface area contributed by atoms with E-state index in [-0.39, 0.29) is 5.91 Å². The molecule has 5 nitrogen and oxygen atoms in total. The lowest BCUT2D eigenvalue weighted by Gasteiger charge is -2.10. The van der Waals surface area contributed by atoms with Gasteiger partial charge in [-0.05, 0) is 41.6 Å². The summed E-state index contributed by atoms with van der Waals surface area (Å²) in [6.07, 6.45) is 3.65. The molecule has 0 saturated carbocycles. The molecule has 0 spiro atoms. The summed E-state index contributed by atoms with van der Waals surface area (Å²) in [5.74, 6) is 1.14. The van der Waals surface area contributed by atoms with Gasteiger partial charge in [-0.3, -0.25) is 4.79 Å². The van der Waals surface area contributed by atoms with Crippen molar-refractivity contribution in [3.8, 4) is 11.5 Å². The van der Waals surface area contributed by atoms with Crippen molar-refractivity contribution in [1.82, 2.24) is 5.43 Å². The van der Waals surface area contributed by atoms with Gasteiger partial charge in [0.15, 0.2) is 11.5 Å². The van der Waals surface area contributed by atoms with E-state index in [4.69, 9.17) is 9.47 Å². The van der Waals surface area contributed by atoms with Crippen molar-refractivity contribution in [1.29, 1.82) is 0 Å². The molecule has 1 aromatic heterocycles. The van der Waals surface area contributed by atoms with Gasteiger partial charge in [0.2, 0.25) is 0 Å². The van der Waals surface area contributed by atoms with Crippen LogP contribution in [0.5, 0.6) is 11.5 Å². The SMILES string of the molecule is CCCCOc1ccc(/C=N\NC(=O)c2cccs2)cc1OC. The topological polar surface area (TPSA) is 59.9 Å². The lowest BCUT2D eigenvalue weighted by Crippen LogP contribution is -2.16. The molecule has 1 heterocycles. The Kier molecular flexibility index (Phi) is 6.62. The summed E-state index contributed by atoms with van der Waals surface area (Å²) in [5, 5.41) is 5.81. The first kappa shape index (κ1) is 17.0. The van der Waals surface area contributed by atoms with E-state index in [1.54, 1.807) is 19.4 Å². The van der Waals surface area contributed by atoms with Crippen molar-refractivity contribution in [3.63, 3.8) is 0 Å². The van der Waals surface area contributed by atoms with Crippen LogP contribution in [0.3, 0.4) is 0 Å². The van der Waals surface area contributed by atoms with Gasteiger partial charge in [-0.25, -0.2) is 5.43 Å². The molecule has 0 atom stereocenters. The summed E-state index contributed by atoms with van der Waals surface area (Å²) in [4.78, 5) is 12.4. The van der Waals surface area contributed by atoms with Crippen LogP contribution >= 0.6 is 11.3 Å². The molecule has 2 aromatic rings. The largest absolute Gasteiger partial charge is 0.493 e. The molecular weight excluding hydrogens is 312 g/mol. The number of benzene rings is 1. The summed E-state index contributed by atoms with van der Waals surface area (Å²) in [6.45, 7) is 2.78. The second kappa shape index (κ2) is 8.95. The Morgan fingerprint density at radius 1 is 1.35 bits per heavy atom. The van der Waals surface area contributed by atoms with Gasteiger partial charge in [-0.1, -0.05) is 19.4 Å². The molecule has 6 heteroatoms. The second-order valence-corrected chi connectivity index (χ2v) is 5.74. The number of hydrogen-bond acceptors (Lipinski definition) is 5. The monoisotopic (exact) mass is 332 g/mol. The van der Waals surface area contributed by atoms with Crippen LogP contribution < -0.4 is 14.9 Å². The maximum absolute atomic E-state index is 11.8. The number of rotatable bonds is 8. The highest BCUT2D eigenvalue weighted by Gasteiger charge is 2.06. The van der Waals surface area contributed by atoms with Crippen molar-refractivity contribution in [2.45, 2.75) is 19.8 Å². The van der Waals surface area contributed by atoms with Gasteiger partial charge in [0.05, 0.1) is 24.8 Å². The molecule has 0 aliphatic rings. The van der Waals surface area contributed by atoms with E-state index < -0.39 is 0 Å². The number of unbranched alkanes of at least 4 members (excludes halogenated alkanes) is 1. The van der Waals surface area contributed by atoms with Crippen LogP contribution in [0.2, 0.25) is 0 Å². The van der Waals surface area contributed by atoms with Gasteiger partial charge < -0.3 is 9.47 Å². The highest BCUT2D eigenvalue weighted by atomic mass is 32.1. The lowest BCUT2D eigenvalue weighted by atomic mass is 10.2. The Labute approximate surface area is 139 Å². The molecule has 1 amide bonds. The standard InChI is InChI=1S/C17H20N2O3S/c1-3-4-9-22-14-8-7-13(11-15(14)21-2)12-18-19-17(20)16-6-5-10-23-16/h5-8,10-12H,3-4,9H2,1-2H3,(H,19,20)/b18-12-. The molecule has 0 radical (unpaired) electrons. The summed E-state index contributed by atoms with van der Waals surface area (Å²) in [7, 11) is 1.60. The van der Waals surface area contributed by atoms with Crippen molar-refractivity contribution in [3.05, 3.63) is 46.2 Å². The van der Waals surface area contributed by atoms with Gasteiger partial charge in [-0.2, -0.15) is 5.10 Å². The number of methoxy groups -OCH3 is 1. The molecular formula is C17H20N2O3S. The molecule has 0 saturated heterocycles. The fourth-order valence-electron chi connectivity index (χ4n) is 1.84. The molecule has 0 aliphatic carbocycles. The van der Waals surface area contributed by atoms with E-state index in [9.17, 15) is 4.79 Å². The lowest BCUT2D eigenvalue weighted by molar-refractivity contribution is 0.0959. The van der Waals surface area contributed by atoms with Gasteiger partial charge in [0.1, 0.15) is 0 Å². The van der Waals surface area contributed by atoms with Crippen LogP contribution in [-0.4, -0.2) is 25.8 Å². The zero-order chi connectivity index (χ0) is 16.5. The minimum atomic E-state index is -0.220. The van der Waals surface area contributed by atoms with Crippen molar-refractivity contribution in [2.75, 3.05) is 13.7 Å². The van der Waals surface area contributed by atoms with Crippen molar-refractivity contribution >= 4 is 23.5 Å². The Morgan fingerprint density at radius 3 is 2.91 bits per heavy atom. The minimum Gasteiger partial charge on any atom is -0.493 e. The zero-order valence-corrected chi connectivity index (χ0v) is 14.1.